The van der Waals surface area contributed by atoms with E-state index in [9.17, 15) is 13.2 Å². The molecule has 8 nitrogen and oxygen atoms in total. The summed E-state index contributed by atoms with van der Waals surface area (Å²) >= 11 is 1.25. The van der Waals surface area contributed by atoms with E-state index in [1.807, 2.05) is 30.3 Å². The van der Waals surface area contributed by atoms with Crippen LogP contribution in [0.4, 0.5) is 5.69 Å². The number of morpholine rings is 1. The first-order valence-corrected chi connectivity index (χ1v) is 13.0. The van der Waals surface area contributed by atoms with E-state index in [4.69, 9.17) is 9.47 Å². The van der Waals surface area contributed by atoms with Crippen molar-refractivity contribution >= 4 is 33.4 Å². The number of rotatable bonds is 8. The fourth-order valence-corrected chi connectivity index (χ4v) is 5.77. The summed E-state index contributed by atoms with van der Waals surface area (Å²) in [6.07, 6.45) is 1.34. The van der Waals surface area contributed by atoms with Crippen LogP contribution in [0.25, 0.3) is 0 Å². The van der Waals surface area contributed by atoms with Gasteiger partial charge in [0, 0.05) is 31.0 Å². The molecule has 0 bridgehead atoms. The summed E-state index contributed by atoms with van der Waals surface area (Å²) in [7, 11) is -2.07. The van der Waals surface area contributed by atoms with Crippen molar-refractivity contribution in [2.75, 3.05) is 38.7 Å². The van der Waals surface area contributed by atoms with E-state index in [0.29, 0.717) is 42.8 Å². The Hall–Kier alpha value is -2.92. The number of sulfonamides is 1. The number of carbonyl (C=O) groups is 1. The maximum atomic E-state index is 13.2. The van der Waals surface area contributed by atoms with Crippen molar-refractivity contribution < 1.29 is 22.7 Å². The van der Waals surface area contributed by atoms with E-state index in [1.54, 1.807) is 37.4 Å². The Morgan fingerprint density at radius 2 is 1.85 bits per heavy atom. The molecule has 1 amide bonds. The molecule has 3 aromatic rings. The zero-order valence-electron chi connectivity index (χ0n) is 18.6. The summed E-state index contributed by atoms with van der Waals surface area (Å²) in [5.41, 5.74) is 1.42. The molecule has 10 heteroatoms. The smallest absolute Gasteiger partial charge is 0.244 e. The van der Waals surface area contributed by atoms with Gasteiger partial charge in [-0.15, -0.1) is 0 Å². The molecule has 1 aliphatic heterocycles. The maximum Gasteiger partial charge on any atom is 0.244 e. The third-order valence-electron chi connectivity index (χ3n) is 5.23. The molecule has 1 aliphatic rings. The van der Waals surface area contributed by atoms with Crippen LogP contribution in [0.15, 0.2) is 82.8 Å². The number of aromatic nitrogens is 1. The Labute approximate surface area is 203 Å². The van der Waals surface area contributed by atoms with Gasteiger partial charge in [0.1, 0.15) is 15.9 Å². The zero-order valence-corrected chi connectivity index (χ0v) is 20.2. The molecule has 0 aliphatic carbocycles. The highest BCUT2D eigenvalue weighted by molar-refractivity contribution is 8.00. The number of ether oxygens (including phenoxy) is 2. The quantitative estimate of drug-likeness (QED) is 0.473. The van der Waals surface area contributed by atoms with Crippen LogP contribution < -0.4 is 10.1 Å². The normalized spacial score (nSPS) is 15.4. The molecular weight excluding hydrogens is 474 g/mol. The average molecular weight is 500 g/mol. The summed E-state index contributed by atoms with van der Waals surface area (Å²) in [5, 5.41) is 2.87. The highest BCUT2D eigenvalue weighted by Gasteiger charge is 2.27. The first kappa shape index (κ1) is 24.2. The van der Waals surface area contributed by atoms with Crippen LogP contribution in [0.2, 0.25) is 0 Å². The van der Waals surface area contributed by atoms with Gasteiger partial charge in [-0.05, 0) is 29.8 Å². The lowest BCUT2D eigenvalue weighted by atomic mass is 10.1. The summed E-state index contributed by atoms with van der Waals surface area (Å²) in [5.74, 6) is 0.414. The van der Waals surface area contributed by atoms with E-state index in [2.05, 4.69) is 10.3 Å². The van der Waals surface area contributed by atoms with Crippen LogP contribution in [0, 0.1) is 0 Å². The second-order valence-corrected chi connectivity index (χ2v) is 10.5. The highest BCUT2D eigenvalue weighted by Crippen LogP contribution is 2.36. The summed E-state index contributed by atoms with van der Waals surface area (Å²) in [6, 6.07) is 19.7. The topological polar surface area (TPSA) is 97.8 Å². The van der Waals surface area contributed by atoms with Gasteiger partial charge in [-0.1, -0.05) is 48.2 Å². The van der Waals surface area contributed by atoms with Crippen molar-refractivity contribution in [2.45, 2.75) is 15.2 Å². The van der Waals surface area contributed by atoms with Crippen LogP contribution in [-0.4, -0.2) is 57.0 Å². The van der Waals surface area contributed by atoms with Crippen LogP contribution in [-0.2, 0) is 19.6 Å². The lowest BCUT2D eigenvalue weighted by Crippen LogP contribution is -2.40. The Morgan fingerprint density at radius 1 is 1.09 bits per heavy atom. The number of carbonyl (C=O) groups excluding carboxylic acids is 1. The second kappa shape index (κ2) is 11.0. The fourth-order valence-electron chi connectivity index (χ4n) is 3.46. The first-order valence-electron chi connectivity index (χ1n) is 10.7. The first-order chi connectivity index (χ1) is 16.5. The third-order valence-corrected chi connectivity index (χ3v) is 8.32. The molecule has 1 saturated heterocycles. The van der Waals surface area contributed by atoms with Crippen molar-refractivity contribution in [2.24, 2.45) is 0 Å². The highest BCUT2D eigenvalue weighted by atomic mass is 32.2. The largest absolute Gasteiger partial charge is 0.497 e. The molecule has 2 aromatic carbocycles. The number of nitrogens with zero attached hydrogens (tertiary/aromatic N) is 2. The molecule has 1 unspecified atom stereocenters. The average Bonchev–Trinajstić information content (AvgIpc) is 2.88. The number of hydrogen-bond acceptors (Lipinski definition) is 7. The van der Waals surface area contributed by atoms with E-state index < -0.39 is 15.3 Å². The zero-order chi connectivity index (χ0) is 24.0. The van der Waals surface area contributed by atoms with Crippen molar-refractivity contribution in [1.82, 2.24) is 9.29 Å². The number of hydrogen-bond donors (Lipinski definition) is 1. The number of benzene rings is 2. The number of pyridine rings is 1. The monoisotopic (exact) mass is 499 g/mol. The van der Waals surface area contributed by atoms with Gasteiger partial charge in [0.2, 0.25) is 15.9 Å². The Bertz CT molecular complexity index is 1210. The summed E-state index contributed by atoms with van der Waals surface area (Å²) in [6.45, 7) is 1.39. The number of methoxy groups -OCH3 is 1. The van der Waals surface area contributed by atoms with E-state index in [-0.39, 0.29) is 10.8 Å². The van der Waals surface area contributed by atoms with Crippen LogP contribution in [0.1, 0.15) is 10.8 Å². The molecule has 1 N–H and O–H groups in total. The third kappa shape index (κ3) is 5.76. The van der Waals surface area contributed by atoms with E-state index in [0.717, 1.165) is 5.56 Å². The molecule has 178 valence electrons. The van der Waals surface area contributed by atoms with Crippen LogP contribution in [0.3, 0.4) is 0 Å². The van der Waals surface area contributed by atoms with Crippen molar-refractivity contribution in [3.05, 3.63) is 78.5 Å². The molecule has 4 rings (SSSR count). The minimum absolute atomic E-state index is 0.121. The van der Waals surface area contributed by atoms with E-state index >= 15 is 0 Å². The van der Waals surface area contributed by atoms with Gasteiger partial charge in [-0.3, -0.25) is 4.79 Å². The van der Waals surface area contributed by atoms with Gasteiger partial charge in [-0.25, -0.2) is 13.4 Å². The van der Waals surface area contributed by atoms with Gasteiger partial charge in [0.15, 0.2) is 0 Å². The summed E-state index contributed by atoms with van der Waals surface area (Å²) in [4.78, 5) is 17.7. The van der Waals surface area contributed by atoms with Gasteiger partial charge in [-0.2, -0.15) is 4.31 Å². The number of amides is 1. The molecule has 0 radical (unpaired) electrons. The Balaban J connectivity index is 1.54. The van der Waals surface area contributed by atoms with Gasteiger partial charge in [0.05, 0.1) is 25.3 Å². The predicted octanol–water partition coefficient (Wildman–Crippen LogP) is 3.58. The van der Waals surface area contributed by atoms with Crippen molar-refractivity contribution in [1.29, 1.82) is 0 Å². The fraction of sp³-hybridized carbons (Fsp3) is 0.250. The van der Waals surface area contributed by atoms with Crippen LogP contribution in [0.5, 0.6) is 5.75 Å². The predicted molar refractivity (Wildman–Crippen MR) is 130 cm³/mol. The number of anilines is 1. The van der Waals surface area contributed by atoms with Gasteiger partial charge in [0.25, 0.3) is 0 Å². The lowest BCUT2D eigenvalue weighted by molar-refractivity contribution is -0.115. The second-order valence-electron chi connectivity index (χ2n) is 7.48. The minimum atomic E-state index is -3.63. The Morgan fingerprint density at radius 3 is 2.53 bits per heavy atom. The molecule has 2 heterocycles. The number of nitrogens with one attached hydrogen (secondary N) is 1. The SMILES string of the molecule is COc1cccc(NC(=O)C(Sc2ccc(S(=O)(=O)N3CCOCC3)cn2)c2ccccc2)c1. The molecule has 34 heavy (non-hydrogen) atoms. The van der Waals surface area contributed by atoms with Gasteiger partial charge < -0.3 is 14.8 Å². The number of thioether (sulfide) groups is 1. The molecule has 1 fully saturated rings. The van der Waals surface area contributed by atoms with Crippen molar-refractivity contribution in [3.63, 3.8) is 0 Å². The van der Waals surface area contributed by atoms with Crippen molar-refractivity contribution in [3.8, 4) is 5.75 Å². The molecule has 0 spiro atoms. The molecule has 0 saturated carbocycles. The minimum Gasteiger partial charge on any atom is -0.497 e. The molecular formula is C24H25N3O5S2. The Kier molecular flexibility index (Phi) is 7.84. The lowest BCUT2D eigenvalue weighted by Gasteiger charge is -2.25. The van der Waals surface area contributed by atoms with Crippen LogP contribution >= 0.6 is 11.8 Å². The van der Waals surface area contributed by atoms with Gasteiger partial charge >= 0.3 is 0 Å². The van der Waals surface area contributed by atoms with E-state index in [1.165, 1.54) is 28.3 Å². The molecule has 1 atom stereocenters. The maximum absolute atomic E-state index is 13.2. The standard InChI is InChI=1S/C24H25N3O5S2/c1-31-20-9-5-8-19(16-20)26-24(28)23(18-6-3-2-4-7-18)33-22-11-10-21(17-25-22)34(29,30)27-12-14-32-15-13-27/h2-11,16-17,23H,12-15H2,1H3,(H,26,28). The summed E-state index contributed by atoms with van der Waals surface area (Å²) < 4.78 is 37.6. The molecule has 1 aromatic heterocycles.